The van der Waals surface area contributed by atoms with Crippen molar-refractivity contribution in [3.8, 4) is 11.5 Å². The summed E-state index contributed by atoms with van der Waals surface area (Å²) in [4.78, 5) is -0.796. The van der Waals surface area contributed by atoms with Crippen molar-refractivity contribution in [1.82, 2.24) is 4.72 Å². The van der Waals surface area contributed by atoms with Gasteiger partial charge in [0.1, 0.15) is 16.5 Å². The van der Waals surface area contributed by atoms with Crippen molar-refractivity contribution < 1.29 is 35.5 Å². The van der Waals surface area contributed by atoms with Gasteiger partial charge in [-0.25, -0.2) is 21.9 Å². The predicted octanol–water partition coefficient (Wildman–Crippen LogP) is 3.10. The van der Waals surface area contributed by atoms with E-state index in [4.69, 9.17) is 4.74 Å². The van der Waals surface area contributed by atoms with E-state index in [9.17, 15) is 26.0 Å². The second-order valence-electron chi connectivity index (χ2n) is 5.09. The van der Waals surface area contributed by atoms with Crippen LogP contribution in [-0.4, -0.2) is 28.7 Å². The van der Waals surface area contributed by atoms with Crippen LogP contribution < -0.4 is 14.2 Å². The maximum absolute atomic E-state index is 13.6. The molecule has 0 radical (unpaired) electrons. The minimum absolute atomic E-state index is 0.0573. The van der Waals surface area contributed by atoms with Crippen LogP contribution in [0.5, 0.6) is 11.5 Å². The lowest BCUT2D eigenvalue weighted by molar-refractivity contribution is -0.0512. The van der Waals surface area contributed by atoms with Crippen LogP contribution in [0, 0.1) is 11.6 Å². The summed E-state index contributed by atoms with van der Waals surface area (Å²) >= 11 is 0. The Morgan fingerprint density at radius 2 is 1.81 bits per heavy atom. The summed E-state index contributed by atoms with van der Waals surface area (Å²) in [5.41, 5.74) is 0.561. The predicted molar refractivity (Wildman–Crippen MR) is 84.9 cm³/mol. The molecule has 0 atom stereocenters. The molecule has 0 amide bonds. The lowest BCUT2D eigenvalue weighted by Crippen LogP contribution is -2.27. The van der Waals surface area contributed by atoms with E-state index >= 15 is 0 Å². The van der Waals surface area contributed by atoms with E-state index < -0.39 is 33.2 Å². The fourth-order valence-electron chi connectivity index (χ4n) is 2.15. The third-order valence-corrected chi connectivity index (χ3v) is 4.81. The van der Waals surface area contributed by atoms with Gasteiger partial charge in [0.15, 0.2) is 11.5 Å². The highest BCUT2D eigenvalue weighted by Gasteiger charge is 2.19. The monoisotopic (exact) mass is 393 g/mol. The number of hydrogen-bond acceptors (Lipinski definition) is 4. The molecule has 10 heteroatoms. The van der Waals surface area contributed by atoms with Crippen LogP contribution in [0.3, 0.4) is 0 Å². The maximum Gasteiger partial charge on any atom is 0.387 e. The molecular weight excluding hydrogens is 378 g/mol. The van der Waals surface area contributed by atoms with E-state index in [1.54, 1.807) is 0 Å². The van der Waals surface area contributed by atoms with Gasteiger partial charge in [0, 0.05) is 6.54 Å². The zero-order valence-corrected chi connectivity index (χ0v) is 14.3. The summed E-state index contributed by atoms with van der Waals surface area (Å²) in [5.74, 6) is -2.06. The van der Waals surface area contributed by atoms with Crippen molar-refractivity contribution in [3.05, 3.63) is 53.6 Å². The number of halogens is 4. The van der Waals surface area contributed by atoms with Crippen LogP contribution in [0.25, 0.3) is 0 Å². The Hall–Kier alpha value is -2.33. The van der Waals surface area contributed by atoms with Gasteiger partial charge in [0.25, 0.3) is 0 Å². The number of hydrogen-bond donors (Lipinski definition) is 1. The molecule has 0 bridgehead atoms. The molecule has 1 N–H and O–H groups in total. The van der Waals surface area contributed by atoms with Crippen molar-refractivity contribution in [2.45, 2.75) is 17.9 Å². The number of alkyl halides is 2. The Morgan fingerprint density at radius 1 is 1.08 bits per heavy atom. The van der Waals surface area contributed by atoms with E-state index in [1.165, 1.54) is 25.3 Å². The average molecular weight is 393 g/mol. The third-order valence-electron chi connectivity index (χ3n) is 3.33. The van der Waals surface area contributed by atoms with Gasteiger partial charge < -0.3 is 9.47 Å². The van der Waals surface area contributed by atoms with Gasteiger partial charge in [0.2, 0.25) is 10.0 Å². The highest BCUT2D eigenvalue weighted by Crippen LogP contribution is 2.29. The van der Waals surface area contributed by atoms with Gasteiger partial charge >= 0.3 is 6.61 Å². The second kappa shape index (κ2) is 8.37. The Labute approximate surface area is 147 Å². The fraction of sp³-hybridized carbons (Fsp3) is 0.250. The Kier molecular flexibility index (Phi) is 6.43. The first-order valence-electron chi connectivity index (χ1n) is 7.29. The van der Waals surface area contributed by atoms with Crippen LogP contribution in [0.4, 0.5) is 17.6 Å². The van der Waals surface area contributed by atoms with Crippen molar-refractivity contribution >= 4 is 10.0 Å². The van der Waals surface area contributed by atoms with Gasteiger partial charge in [-0.2, -0.15) is 8.78 Å². The average Bonchev–Trinajstić information content (AvgIpc) is 2.57. The Morgan fingerprint density at radius 3 is 2.46 bits per heavy atom. The second-order valence-corrected chi connectivity index (χ2v) is 6.82. The number of benzene rings is 2. The number of sulfonamides is 1. The van der Waals surface area contributed by atoms with E-state index in [0.29, 0.717) is 11.6 Å². The molecule has 0 aliphatic carbocycles. The first-order valence-corrected chi connectivity index (χ1v) is 8.77. The van der Waals surface area contributed by atoms with Gasteiger partial charge in [-0.3, -0.25) is 0 Å². The van der Waals surface area contributed by atoms with Crippen molar-refractivity contribution in [3.63, 3.8) is 0 Å². The SMILES string of the molecule is COc1cc(CCNS(=O)(=O)c2cc(F)ccc2F)ccc1OC(F)F. The molecule has 26 heavy (non-hydrogen) atoms. The molecule has 142 valence electrons. The smallest absolute Gasteiger partial charge is 0.387 e. The molecule has 0 saturated heterocycles. The third kappa shape index (κ3) is 5.09. The van der Waals surface area contributed by atoms with E-state index in [1.807, 2.05) is 0 Å². The minimum atomic E-state index is -4.24. The molecule has 0 aromatic heterocycles. The first kappa shape index (κ1) is 20.0. The Bertz CT molecular complexity index is 875. The van der Waals surface area contributed by atoms with Crippen LogP contribution in [0.2, 0.25) is 0 Å². The molecule has 0 spiro atoms. The molecule has 0 unspecified atom stereocenters. The lowest BCUT2D eigenvalue weighted by atomic mass is 10.1. The number of ether oxygens (including phenoxy) is 2. The minimum Gasteiger partial charge on any atom is -0.493 e. The van der Waals surface area contributed by atoms with Crippen LogP contribution >= 0.6 is 0 Å². The van der Waals surface area contributed by atoms with Gasteiger partial charge in [-0.1, -0.05) is 6.07 Å². The largest absolute Gasteiger partial charge is 0.493 e. The highest BCUT2D eigenvalue weighted by molar-refractivity contribution is 7.89. The Balaban J connectivity index is 2.06. The van der Waals surface area contributed by atoms with Crippen LogP contribution in [0.15, 0.2) is 41.3 Å². The first-order chi connectivity index (χ1) is 12.2. The molecular formula is C16H15F4NO4S. The van der Waals surface area contributed by atoms with Gasteiger partial charge in [0.05, 0.1) is 7.11 Å². The summed E-state index contributed by atoms with van der Waals surface area (Å²) < 4.78 is 86.8. The van der Waals surface area contributed by atoms with Crippen molar-refractivity contribution in [2.75, 3.05) is 13.7 Å². The molecule has 0 fully saturated rings. The standard InChI is InChI=1S/C16H15F4NO4S/c1-24-14-8-10(2-5-13(14)25-16(19)20)6-7-21-26(22,23)15-9-11(17)3-4-12(15)18/h2-5,8-9,16,21H,6-7H2,1H3. The van der Waals surface area contributed by atoms with E-state index in [0.717, 1.165) is 12.1 Å². The normalized spacial score (nSPS) is 11.6. The van der Waals surface area contributed by atoms with Crippen molar-refractivity contribution in [1.29, 1.82) is 0 Å². The molecule has 0 saturated carbocycles. The molecule has 2 aromatic rings. The summed E-state index contributed by atoms with van der Waals surface area (Å²) in [5, 5.41) is 0. The number of rotatable bonds is 8. The maximum atomic E-state index is 13.6. The van der Waals surface area contributed by atoms with E-state index in [-0.39, 0.29) is 24.5 Å². The summed E-state index contributed by atoms with van der Waals surface area (Å²) in [6.07, 6.45) is 0.154. The molecule has 0 aliphatic rings. The van der Waals surface area contributed by atoms with E-state index in [2.05, 4.69) is 9.46 Å². The van der Waals surface area contributed by atoms with Gasteiger partial charge in [-0.05, 0) is 42.3 Å². The van der Waals surface area contributed by atoms with Crippen molar-refractivity contribution in [2.24, 2.45) is 0 Å². The topological polar surface area (TPSA) is 64.6 Å². The molecule has 2 aromatic carbocycles. The quantitative estimate of drug-likeness (QED) is 0.700. The number of methoxy groups -OCH3 is 1. The highest BCUT2D eigenvalue weighted by atomic mass is 32.2. The lowest BCUT2D eigenvalue weighted by Gasteiger charge is -2.12. The molecule has 0 aliphatic heterocycles. The molecule has 0 heterocycles. The molecule has 5 nitrogen and oxygen atoms in total. The number of nitrogens with one attached hydrogen (secondary N) is 1. The summed E-state index contributed by atoms with van der Waals surface area (Å²) in [7, 11) is -2.97. The summed E-state index contributed by atoms with van der Waals surface area (Å²) in [6.45, 7) is -3.14. The van der Waals surface area contributed by atoms with Crippen LogP contribution in [-0.2, 0) is 16.4 Å². The van der Waals surface area contributed by atoms with Crippen LogP contribution in [0.1, 0.15) is 5.56 Å². The summed E-state index contributed by atoms with van der Waals surface area (Å²) in [6, 6.07) is 6.24. The molecule has 2 rings (SSSR count). The zero-order valence-electron chi connectivity index (χ0n) is 13.5. The fourth-order valence-corrected chi connectivity index (χ4v) is 3.27. The zero-order chi connectivity index (χ0) is 19.3. The van der Waals surface area contributed by atoms with Gasteiger partial charge in [-0.15, -0.1) is 0 Å².